The van der Waals surface area contributed by atoms with E-state index in [4.69, 9.17) is 14.6 Å². The number of aliphatic carboxylic acids is 1. The van der Waals surface area contributed by atoms with Gasteiger partial charge in [0.05, 0.1) is 13.0 Å². The maximum absolute atomic E-state index is 12.4. The van der Waals surface area contributed by atoms with Gasteiger partial charge in [0, 0.05) is 6.42 Å². The molecule has 1 aromatic carbocycles. The minimum atomic E-state index is -4.90. The number of carbonyl (C=O) groups excluding carboxylic acids is 1. The Balaban J connectivity index is 2.53. The molecule has 1 rings (SSSR count). The molecule has 2 atom stereocenters. The van der Waals surface area contributed by atoms with E-state index in [-0.39, 0.29) is 6.61 Å². The van der Waals surface area contributed by atoms with Gasteiger partial charge in [-0.15, -0.1) is 0 Å². The first-order valence-electron chi connectivity index (χ1n) is 12.3. The van der Waals surface area contributed by atoms with Crippen molar-refractivity contribution in [1.82, 2.24) is 0 Å². The van der Waals surface area contributed by atoms with Gasteiger partial charge in [-0.3, -0.25) is 14.1 Å². The first kappa shape index (κ1) is 29.9. The number of carbonyl (C=O) groups is 2. The summed E-state index contributed by atoms with van der Waals surface area (Å²) in [6.07, 6.45) is 10.7. The third kappa shape index (κ3) is 14.2. The lowest BCUT2D eigenvalue weighted by Gasteiger charge is -2.20. The van der Waals surface area contributed by atoms with Crippen molar-refractivity contribution in [2.24, 2.45) is 0 Å². The van der Waals surface area contributed by atoms with Crippen molar-refractivity contribution in [2.45, 2.75) is 102 Å². The molecule has 9 heteroatoms. The van der Waals surface area contributed by atoms with Crippen LogP contribution < -0.4 is 4.74 Å². The van der Waals surface area contributed by atoms with Gasteiger partial charge in [0.2, 0.25) is 0 Å². The normalized spacial score (nSPS) is 13.2. The molecule has 0 spiro atoms. The van der Waals surface area contributed by atoms with Gasteiger partial charge < -0.3 is 14.6 Å². The summed E-state index contributed by atoms with van der Waals surface area (Å²) in [4.78, 5) is 23.3. The number of carboxylic acids is 1. The molecule has 194 valence electrons. The zero-order chi connectivity index (χ0) is 25.2. The molecule has 0 aromatic heterocycles. The third-order valence-corrected chi connectivity index (χ3v) is 6.67. The molecule has 0 radical (unpaired) electrons. The topological polar surface area (TPSA) is 127 Å². The summed E-state index contributed by atoms with van der Waals surface area (Å²) in [5, 5.41) is 6.76. The molecule has 0 aliphatic rings. The van der Waals surface area contributed by atoms with Crippen molar-refractivity contribution in [3.63, 3.8) is 0 Å². The number of hydrogen-bond acceptors (Lipinski definition) is 6. The number of unbranched alkanes of at least 4 members (excludes halogenated alkanes) is 9. The fourth-order valence-corrected chi connectivity index (χ4v) is 4.31. The Morgan fingerprint density at radius 3 is 1.97 bits per heavy atom. The molecular formula is C25H40O8S. The number of ether oxygens (including phenoxy) is 2. The summed E-state index contributed by atoms with van der Waals surface area (Å²) >= 11 is 0. The predicted octanol–water partition coefficient (Wildman–Crippen LogP) is 5.41. The average molecular weight is 501 g/mol. The van der Waals surface area contributed by atoms with Crippen molar-refractivity contribution in [3.8, 4) is 5.75 Å². The third-order valence-electron chi connectivity index (χ3n) is 5.60. The lowest BCUT2D eigenvalue weighted by atomic mass is 10.0. The van der Waals surface area contributed by atoms with Crippen LogP contribution in [-0.4, -0.2) is 48.0 Å². The van der Waals surface area contributed by atoms with Crippen LogP contribution in [0.3, 0.4) is 0 Å². The molecule has 2 unspecified atom stereocenters. The zero-order valence-corrected chi connectivity index (χ0v) is 21.0. The summed E-state index contributed by atoms with van der Waals surface area (Å²) in [6, 6.07) is 9.12. The van der Waals surface area contributed by atoms with Crippen LogP contribution in [0, 0.1) is 0 Å². The quantitative estimate of drug-likeness (QED) is 0.138. The number of benzene rings is 1. The largest absolute Gasteiger partial charge is 0.493 e. The molecule has 0 amide bonds. The van der Waals surface area contributed by atoms with Gasteiger partial charge in [0.15, 0.2) is 5.25 Å². The Morgan fingerprint density at radius 1 is 0.882 bits per heavy atom. The second kappa shape index (κ2) is 17.3. The summed E-state index contributed by atoms with van der Waals surface area (Å²) in [7, 11) is -4.90. The van der Waals surface area contributed by atoms with Crippen LogP contribution in [0.1, 0.15) is 90.4 Å². The van der Waals surface area contributed by atoms with Crippen LogP contribution in [0.15, 0.2) is 30.3 Å². The van der Waals surface area contributed by atoms with E-state index in [2.05, 4.69) is 6.92 Å². The summed E-state index contributed by atoms with van der Waals surface area (Å²) in [6.45, 7) is 2.45. The van der Waals surface area contributed by atoms with E-state index >= 15 is 0 Å². The molecule has 8 nitrogen and oxygen atoms in total. The van der Waals surface area contributed by atoms with Gasteiger partial charge in [-0.1, -0.05) is 82.9 Å². The smallest absolute Gasteiger partial charge is 0.327 e. The monoisotopic (exact) mass is 500 g/mol. The van der Waals surface area contributed by atoms with Crippen molar-refractivity contribution in [1.29, 1.82) is 0 Å². The summed E-state index contributed by atoms with van der Waals surface area (Å²) in [5.41, 5.74) is 0. The van der Waals surface area contributed by atoms with Gasteiger partial charge in [-0.05, 0) is 25.0 Å². The Morgan fingerprint density at radius 2 is 1.44 bits per heavy atom. The number of esters is 1. The molecule has 0 saturated carbocycles. The minimum absolute atomic E-state index is 0.245. The van der Waals surface area contributed by atoms with Gasteiger partial charge in [0.25, 0.3) is 10.1 Å². The highest BCUT2D eigenvalue weighted by Gasteiger charge is 2.36. The van der Waals surface area contributed by atoms with Crippen molar-refractivity contribution >= 4 is 22.1 Å². The zero-order valence-electron chi connectivity index (χ0n) is 20.2. The first-order chi connectivity index (χ1) is 16.2. The lowest BCUT2D eigenvalue weighted by molar-refractivity contribution is -0.152. The molecule has 0 heterocycles. The van der Waals surface area contributed by atoms with Crippen molar-refractivity contribution in [3.05, 3.63) is 30.3 Å². The highest BCUT2D eigenvalue weighted by atomic mass is 32.2. The Hall–Kier alpha value is -2.13. The van der Waals surface area contributed by atoms with E-state index in [9.17, 15) is 22.6 Å². The molecule has 0 fully saturated rings. The molecule has 0 bridgehead atoms. The Bertz CT molecular complexity index is 794. The summed E-state index contributed by atoms with van der Waals surface area (Å²) < 4.78 is 43.3. The van der Waals surface area contributed by atoms with Crippen molar-refractivity contribution < 1.29 is 37.1 Å². The van der Waals surface area contributed by atoms with Crippen LogP contribution >= 0.6 is 0 Å². The van der Waals surface area contributed by atoms with E-state index in [1.165, 1.54) is 38.5 Å². The molecule has 1 aromatic rings. The molecule has 34 heavy (non-hydrogen) atoms. The van der Waals surface area contributed by atoms with Crippen molar-refractivity contribution in [2.75, 3.05) is 6.61 Å². The first-order valence-corrected chi connectivity index (χ1v) is 13.8. The highest BCUT2D eigenvalue weighted by Crippen LogP contribution is 2.18. The van der Waals surface area contributed by atoms with Gasteiger partial charge in [0.1, 0.15) is 11.9 Å². The van der Waals surface area contributed by atoms with Crippen LogP contribution in [0.2, 0.25) is 0 Å². The van der Waals surface area contributed by atoms with Crippen LogP contribution in [0.5, 0.6) is 5.75 Å². The van der Waals surface area contributed by atoms with Gasteiger partial charge >= 0.3 is 11.9 Å². The standard InChI is InChI=1S/C25H40O8S/c1-2-3-4-5-6-7-8-9-10-12-17-22(18-19-32-21-15-13-11-14-16-21)33-25(28)23(20-24(26)27)34(29,30)31/h11,13-16,22-23H,2-10,12,17-20H2,1H3,(H,26,27)(H,29,30,31). The maximum atomic E-state index is 12.4. The van der Waals surface area contributed by atoms with E-state index in [1.54, 1.807) is 12.1 Å². The Kier molecular flexibility index (Phi) is 15.2. The number of carboxylic acid groups (broad SMARTS) is 1. The fourth-order valence-electron chi connectivity index (χ4n) is 3.66. The fraction of sp³-hybridized carbons (Fsp3) is 0.680. The second-order valence-corrected chi connectivity index (χ2v) is 10.2. The SMILES string of the molecule is CCCCCCCCCCCCC(CCOc1ccccc1)OC(=O)C(CC(=O)O)S(=O)(=O)O. The number of hydrogen-bond donors (Lipinski definition) is 2. The van der Waals surface area contributed by atoms with E-state index in [0.29, 0.717) is 18.6 Å². The second-order valence-electron chi connectivity index (χ2n) is 8.58. The number of rotatable bonds is 20. The maximum Gasteiger partial charge on any atom is 0.327 e. The molecule has 2 N–H and O–H groups in total. The molecule has 0 aliphatic carbocycles. The molecular weight excluding hydrogens is 460 g/mol. The Labute approximate surface area is 203 Å². The average Bonchev–Trinajstić information content (AvgIpc) is 2.78. The highest BCUT2D eigenvalue weighted by molar-refractivity contribution is 7.87. The van der Waals surface area contributed by atoms with Gasteiger partial charge in [-0.25, -0.2) is 0 Å². The van der Waals surface area contributed by atoms with E-state index in [0.717, 1.165) is 25.7 Å². The van der Waals surface area contributed by atoms with E-state index in [1.807, 2.05) is 18.2 Å². The van der Waals surface area contributed by atoms with Crippen LogP contribution in [0.4, 0.5) is 0 Å². The minimum Gasteiger partial charge on any atom is -0.493 e. The molecule has 0 saturated heterocycles. The van der Waals surface area contributed by atoms with Crippen LogP contribution in [-0.2, 0) is 24.4 Å². The predicted molar refractivity (Wildman–Crippen MR) is 130 cm³/mol. The summed E-state index contributed by atoms with van der Waals surface area (Å²) in [5.74, 6) is -2.10. The number of para-hydroxylation sites is 1. The van der Waals surface area contributed by atoms with Crippen LogP contribution in [0.25, 0.3) is 0 Å². The van der Waals surface area contributed by atoms with E-state index < -0.39 is 39.8 Å². The lowest BCUT2D eigenvalue weighted by Crippen LogP contribution is -2.36. The molecule has 0 aliphatic heterocycles. The van der Waals surface area contributed by atoms with Gasteiger partial charge in [-0.2, -0.15) is 8.42 Å².